The molecule has 4 rings (SSSR count). The first-order chi connectivity index (χ1) is 22.0. The van der Waals surface area contributed by atoms with Gasteiger partial charge >= 0.3 is 11.9 Å². The second-order valence-corrected chi connectivity index (χ2v) is 12.3. The molecule has 2 aliphatic rings. The second kappa shape index (κ2) is 14.6. The molecule has 0 amide bonds. The van der Waals surface area contributed by atoms with E-state index in [9.17, 15) is 50.4 Å². The summed E-state index contributed by atoms with van der Waals surface area (Å²) in [6.45, 7) is 5.25. The van der Waals surface area contributed by atoms with Gasteiger partial charge in [-0.3, -0.25) is 0 Å². The summed E-state index contributed by atoms with van der Waals surface area (Å²) in [6, 6.07) is 9.90. The molecule has 2 aliphatic heterocycles. The van der Waals surface area contributed by atoms with Crippen LogP contribution in [-0.4, -0.2) is 115 Å². The molecule has 2 aromatic rings. The Morgan fingerprint density at radius 2 is 1.43 bits per heavy atom. The normalized spacial score (nSPS) is 32.2. The van der Waals surface area contributed by atoms with Gasteiger partial charge in [-0.05, 0) is 60.1 Å². The first-order valence-corrected chi connectivity index (χ1v) is 15.1. The number of hydrogen-bond donors (Lipinski definition) is 8. The van der Waals surface area contributed by atoms with E-state index in [2.05, 4.69) is 0 Å². The number of aliphatic carboxylic acids is 2. The van der Waals surface area contributed by atoms with Gasteiger partial charge in [0.25, 0.3) is 0 Å². The fourth-order valence-corrected chi connectivity index (χ4v) is 5.69. The van der Waals surface area contributed by atoms with Crippen molar-refractivity contribution in [3.8, 4) is 23.0 Å². The van der Waals surface area contributed by atoms with Crippen molar-refractivity contribution in [2.45, 2.75) is 94.8 Å². The number of aliphatic hydroxyl groups excluding tert-OH is 5. The number of benzene rings is 2. The first kappa shape index (κ1) is 36.1. The van der Waals surface area contributed by atoms with E-state index in [1.807, 2.05) is 19.9 Å². The van der Waals surface area contributed by atoms with E-state index in [1.165, 1.54) is 26.2 Å². The highest BCUT2D eigenvalue weighted by atomic mass is 16.7. The van der Waals surface area contributed by atoms with Gasteiger partial charge in [0.15, 0.2) is 35.2 Å². The highest BCUT2D eigenvalue weighted by Crippen LogP contribution is 2.39. The zero-order valence-corrected chi connectivity index (χ0v) is 26.3. The van der Waals surface area contributed by atoms with Crippen LogP contribution in [-0.2, 0) is 31.9 Å². The molecule has 0 bridgehead atoms. The van der Waals surface area contributed by atoms with Gasteiger partial charge in [-0.25, -0.2) is 9.59 Å². The van der Waals surface area contributed by atoms with Crippen molar-refractivity contribution >= 4 is 11.9 Å². The van der Waals surface area contributed by atoms with Crippen molar-refractivity contribution in [3.05, 3.63) is 47.5 Å². The molecule has 0 radical (unpaired) electrons. The lowest BCUT2D eigenvalue weighted by molar-refractivity contribution is -0.322. The molecule has 0 aromatic heterocycles. The molecular formula is C32H42O15. The molecule has 0 saturated carbocycles. The Bertz CT molecular complexity index is 1420. The van der Waals surface area contributed by atoms with Gasteiger partial charge in [0, 0.05) is 13.3 Å². The third-order valence-electron chi connectivity index (χ3n) is 8.71. The predicted octanol–water partition coefficient (Wildman–Crippen LogP) is 0.420. The average Bonchev–Trinajstić information content (AvgIpc) is 3.00. The van der Waals surface area contributed by atoms with Crippen LogP contribution in [0.3, 0.4) is 0 Å². The maximum absolute atomic E-state index is 11.8. The number of carbonyl (C=O) groups is 2. The molecular weight excluding hydrogens is 624 g/mol. The molecule has 8 N–H and O–H groups in total. The van der Waals surface area contributed by atoms with E-state index in [4.69, 9.17) is 23.7 Å². The molecule has 0 aliphatic carbocycles. The Balaban J connectivity index is 1.61. The summed E-state index contributed by atoms with van der Waals surface area (Å²) in [4.78, 5) is 23.4. The molecule has 260 valence electrons. The molecule has 11 atom stereocenters. The number of methoxy groups -OCH3 is 1. The van der Waals surface area contributed by atoms with E-state index >= 15 is 0 Å². The number of aromatic hydroxyl groups is 1. The SMILES string of the molecule is COc1ccc(CC(C)C(C)Cc2ccc(O[C@H]3C[C@@H](O)[C@H](O)[C@@H](C(=O)O)O3)c(O[C@]3(C)O[C@H](C(=O)O)[C@@H](O)[C@H](O)[C@H]3O)c2)cc1O. The number of aliphatic hydroxyl groups is 5. The number of rotatable bonds is 12. The van der Waals surface area contributed by atoms with Crippen molar-refractivity contribution in [2.75, 3.05) is 7.11 Å². The van der Waals surface area contributed by atoms with Crippen molar-refractivity contribution in [1.29, 1.82) is 0 Å². The number of carboxylic acids is 2. The summed E-state index contributed by atoms with van der Waals surface area (Å²) in [5.41, 5.74) is 1.61. The number of carboxylic acid groups (broad SMARTS) is 2. The molecule has 2 heterocycles. The Hall–Kier alpha value is -3.70. The van der Waals surface area contributed by atoms with Gasteiger partial charge in [0.05, 0.1) is 13.2 Å². The molecule has 2 aromatic carbocycles. The van der Waals surface area contributed by atoms with E-state index in [0.717, 1.165) is 5.56 Å². The number of ether oxygens (including phenoxy) is 5. The number of phenolic OH excluding ortho intramolecular Hbond substituents is 1. The lowest BCUT2D eigenvalue weighted by Gasteiger charge is -2.45. The Morgan fingerprint density at radius 3 is 1.98 bits per heavy atom. The summed E-state index contributed by atoms with van der Waals surface area (Å²) < 4.78 is 27.8. The number of phenols is 1. The Labute approximate surface area is 270 Å². The van der Waals surface area contributed by atoms with E-state index in [1.54, 1.807) is 18.2 Å². The Kier molecular flexibility index (Phi) is 11.2. The lowest BCUT2D eigenvalue weighted by Crippen LogP contribution is -2.67. The van der Waals surface area contributed by atoms with Crippen molar-refractivity contribution < 1.29 is 74.1 Å². The third-order valence-corrected chi connectivity index (χ3v) is 8.71. The van der Waals surface area contributed by atoms with Crippen LogP contribution in [0.15, 0.2) is 36.4 Å². The van der Waals surface area contributed by atoms with Crippen LogP contribution in [0.2, 0.25) is 0 Å². The smallest absolute Gasteiger partial charge is 0.335 e. The third kappa shape index (κ3) is 8.06. The van der Waals surface area contributed by atoms with Crippen LogP contribution >= 0.6 is 0 Å². The topological polar surface area (TPSA) is 242 Å². The van der Waals surface area contributed by atoms with Gasteiger partial charge in [-0.1, -0.05) is 26.0 Å². The monoisotopic (exact) mass is 666 g/mol. The first-order valence-electron chi connectivity index (χ1n) is 15.1. The maximum atomic E-state index is 11.8. The van der Waals surface area contributed by atoms with Crippen molar-refractivity contribution in [1.82, 2.24) is 0 Å². The van der Waals surface area contributed by atoms with Gasteiger partial charge in [-0.15, -0.1) is 0 Å². The summed E-state index contributed by atoms with van der Waals surface area (Å²) in [5.74, 6) is -4.97. The zero-order valence-electron chi connectivity index (χ0n) is 26.3. The van der Waals surface area contributed by atoms with Crippen LogP contribution in [0.5, 0.6) is 23.0 Å². The fraction of sp³-hybridized carbons (Fsp3) is 0.562. The highest BCUT2D eigenvalue weighted by Gasteiger charge is 2.55. The van der Waals surface area contributed by atoms with Crippen LogP contribution in [0.4, 0.5) is 0 Å². The standard InChI is InChI=1S/C32H42O15/c1-14(9-16-5-7-20(43-4)18(33)11-16)15(2)10-17-6-8-21(44-23-13-19(34)24(35)27(45-23)30(39)40)22(12-17)46-32(3)29(38)26(37)25(36)28(47-32)31(41)42/h5-8,11-12,14-15,19,23-29,33-38H,9-10,13H2,1-4H3,(H,39,40)(H,41,42)/t14?,15?,19-,23-,24+,25+,26+,27+,28+,29-,32-/m1/s1. The Morgan fingerprint density at radius 1 is 0.851 bits per heavy atom. The summed E-state index contributed by atoms with van der Waals surface area (Å²) >= 11 is 0. The average molecular weight is 667 g/mol. The van der Waals surface area contributed by atoms with Gasteiger partial charge < -0.3 is 64.5 Å². The zero-order chi connectivity index (χ0) is 34.8. The predicted molar refractivity (Wildman–Crippen MR) is 160 cm³/mol. The van der Waals surface area contributed by atoms with E-state index < -0.39 is 66.7 Å². The summed E-state index contributed by atoms with van der Waals surface area (Å²) in [5, 5.41) is 80.9. The number of hydrogen-bond acceptors (Lipinski definition) is 13. The lowest BCUT2D eigenvalue weighted by atomic mass is 9.85. The fourth-order valence-electron chi connectivity index (χ4n) is 5.69. The minimum absolute atomic E-state index is 0.0317. The maximum Gasteiger partial charge on any atom is 0.335 e. The minimum Gasteiger partial charge on any atom is -0.504 e. The van der Waals surface area contributed by atoms with Gasteiger partial charge in [0.1, 0.15) is 24.4 Å². The largest absolute Gasteiger partial charge is 0.504 e. The second-order valence-electron chi connectivity index (χ2n) is 12.3. The van der Waals surface area contributed by atoms with Gasteiger partial charge in [-0.2, -0.15) is 0 Å². The molecule has 15 nitrogen and oxygen atoms in total. The van der Waals surface area contributed by atoms with Crippen molar-refractivity contribution in [3.63, 3.8) is 0 Å². The molecule has 2 saturated heterocycles. The molecule has 15 heteroatoms. The van der Waals surface area contributed by atoms with Crippen LogP contribution in [0.25, 0.3) is 0 Å². The molecule has 0 spiro atoms. The molecule has 47 heavy (non-hydrogen) atoms. The van der Waals surface area contributed by atoms with Gasteiger partial charge in [0.2, 0.25) is 12.1 Å². The summed E-state index contributed by atoms with van der Waals surface area (Å²) in [7, 11) is 1.47. The van der Waals surface area contributed by atoms with E-state index in [0.29, 0.717) is 24.2 Å². The van der Waals surface area contributed by atoms with Crippen LogP contribution in [0.1, 0.15) is 38.3 Å². The minimum atomic E-state index is -2.22. The van der Waals surface area contributed by atoms with Crippen LogP contribution < -0.4 is 14.2 Å². The quantitative estimate of drug-likeness (QED) is 0.153. The summed E-state index contributed by atoms with van der Waals surface area (Å²) in [6.07, 6.45) is -13.4. The van der Waals surface area contributed by atoms with Crippen LogP contribution in [0, 0.1) is 11.8 Å². The molecule has 2 unspecified atom stereocenters. The highest BCUT2D eigenvalue weighted by molar-refractivity contribution is 5.74. The van der Waals surface area contributed by atoms with E-state index in [-0.39, 0.29) is 35.5 Å². The molecule has 2 fully saturated rings. The van der Waals surface area contributed by atoms with Crippen molar-refractivity contribution in [2.24, 2.45) is 11.8 Å².